The van der Waals surface area contributed by atoms with Gasteiger partial charge in [0.1, 0.15) is 0 Å². The average molecular weight is 444 g/mol. The van der Waals surface area contributed by atoms with Gasteiger partial charge in [-0.2, -0.15) is 0 Å². The smallest absolute Gasteiger partial charge is 0.189 e. The fourth-order valence-electron chi connectivity index (χ4n) is 3.07. The third-order valence-corrected chi connectivity index (χ3v) is 4.36. The number of likely N-dealkylation sites (tertiary alicyclic amines) is 1. The zero-order valence-electron chi connectivity index (χ0n) is 15.5. The van der Waals surface area contributed by atoms with Crippen LogP contribution < -0.4 is 11.1 Å². The van der Waals surface area contributed by atoms with Crippen molar-refractivity contribution in [3.8, 4) is 0 Å². The third-order valence-electron chi connectivity index (χ3n) is 4.36. The summed E-state index contributed by atoms with van der Waals surface area (Å²) in [5, 5.41) is 3.21. The van der Waals surface area contributed by atoms with Crippen molar-refractivity contribution >= 4 is 29.9 Å². The van der Waals surface area contributed by atoms with Gasteiger partial charge in [0.05, 0.1) is 6.54 Å². The van der Waals surface area contributed by atoms with E-state index < -0.39 is 0 Å². The first-order valence-corrected chi connectivity index (χ1v) is 8.74. The second-order valence-corrected chi connectivity index (χ2v) is 7.66. The van der Waals surface area contributed by atoms with Crippen molar-refractivity contribution in [2.45, 2.75) is 71.6 Å². The molecule has 0 amide bonds. The summed E-state index contributed by atoms with van der Waals surface area (Å²) < 4.78 is 0. The van der Waals surface area contributed by atoms with Crippen LogP contribution in [0.25, 0.3) is 0 Å². The summed E-state index contributed by atoms with van der Waals surface area (Å²) in [6.45, 7) is 11.4. The zero-order chi connectivity index (χ0) is 16.9. The van der Waals surface area contributed by atoms with Crippen LogP contribution in [0.15, 0.2) is 29.3 Å². The first-order chi connectivity index (χ1) is 10.8. The topological polar surface area (TPSA) is 53.6 Å². The van der Waals surface area contributed by atoms with Gasteiger partial charge in [-0.25, -0.2) is 4.99 Å². The van der Waals surface area contributed by atoms with Crippen molar-refractivity contribution in [2.24, 2.45) is 10.7 Å². The Kier molecular flexibility index (Phi) is 8.50. The first-order valence-electron chi connectivity index (χ1n) is 8.74. The molecule has 24 heavy (non-hydrogen) atoms. The Balaban J connectivity index is 0.00000288. The van der Waals surface area contributed by atoms with E-state index in [2.05, 4.69) is 67.2 Å². The van der Waals surface area contributed by atoms with Crippen molar-refractivity contribution in [2.75, 3.05) is 6.54 Å². The van der Waals surface area contributed by atoms with Gasteiger partial charge in [-0.1, -0.05) is 30.7 Å². The molecule has 0 bridgehead atoms. The van der Waals surface area contributed by atoms with Gasteiger partial charge in [-0.05, 0) is 58.2 Å². The Bertz CT molecular complexity index is 536. The standard InChI is InChI=1S/C19H32N4.HI/c1-15-9-7-8-12-23(15)14-17-11-6-5-10-16(17)13-21-18(20)22-19(2,3)4;/h5-6,10-11,15H,7-9,12-14H2,1-4H3,(H3,20,21,22);1H. The predicted octanol–water partition coefficient (Wildman–Crippen LogP) is 3.88. The number of nitrogens with one attached hydrogen (secondary N) is 1. The molecule has 0 spiro atoms. The Morgan fingerprint density at radius 1 is 1.25 bits per heavy atom. The van der Waals surface area contributed by atoms with E-state index in [-0.39, 0.29) is 29.5 Å². The number of nitrogens with two attached hydrogens (primary N) is 1. The maximum Gasteiger partial charge on any atom is 0.189 e. The maximum absolute atomic E-state index is 5.99. The number of hydrogen-bond acceptors (Lipinski definition) is 2. The average Bonchev–Trinajstić information content (AvgIpc) is 2.47. The van der Waals surface area contributed by atoms with Gasteiger partial charge in [-0.3, -0.25) is 4.90 Å². The molecule has 1 unspecified atom stereocenters. The monoisotopic (exact) mass is 444 g/mol. The van der Waals surface area contributed by atoms with E-state index in [1.165, 1.54) is 36.9 Å². The minimum Gasteiger partial charge on any atom is -0.370 e. The molecule has 1 heterocycles. The van der Waals surface area contributed by atoms with E-state index in [1.807, 2.05) is 0 Å². The summed E-state index contributed by atoms with van der Waals surface area (Å²) >= 11 is 0. The minimum absolute atomic E-state index is 0. The number of nitrogens with zero attached hydrogens (tertiary/aromatic N) is 2. The van der Waals surface area contributed by atoms with Crippen LogP contribution in [0.1, 0.15) is 58.1 Å². The molecule has 5 heteroatoms. The second-order valence-electron chi connectivity index (χ2n) is 7.66. The van der Waals surface area contributed by atoms with Crippen LogP contribution in [0, 0.1) is 0 Å². The van der Waals surface area contributed by atoms with E-state index in [1.54, 1.807) is 0 Å². The van der Waals surface area contributed by atoms with Gasteiger partial charge in [0.15, 0.2) is 5.96 Å². The lowest BCUT2D eigenvalue weighted by Gasteiger charge is -2.33. The molecule has 1 atom stereocenters. The van der Waals surface area contributed by atoms with Crippen molar-refractivity contribution in [1.82, 2.24) is 10.2 Å². The van der Waals surface area contributed by atoms with Crippen LogP contribution in [0.3, 0.4) is 0 Å². The molecule has 1 aliphatic heterocycles. The van der Waals surface area contributed by atoms with E-state index in [0.29, 0.717) is 18.5 Å². The number of aliphatic imine (C=N–C) groups is 1. The second kappa shape index (κ2) is 9.61. The molecule has 0 radical (unpaired) electrons. The highest BCUT2D eigenvalue weighted by Crippen LogP contribution is 2.21. The Labute approximate surface area is 164 Å². The first kappa shape index (κ1) is 21.2. The lowest BCUT2D eigenvalue weighted by atomic mass is 10.0. The van der Waals surface area contributed by atoms with Crippen LogP contribution in [0.4, 0.5) is 0 Å². The molecule has 2 rings (SSSR count). The molecule has 4 nitrogen and oxygen atoms in total. The van der Waals surface area contributed by atoms with E-state index >= 15 is 0 Å². The summed E-state index contributed by atoms with van der Waals surface area (Å²) in [5.41, 5.74) is 8.57. The van der Waals surface area contributed by atoms with Gasteiger partial charge in [0.25, 0.3) is 0 Å². The summed E-state index contributed by atoms with van der Waals surface area (Å²) in [4.78, 5) is 7.10. The number of benzene rings is 1. The Morgan fingerprint density at radius 3 is 2.54 bits per heavy atom. The highest BCUT2D eigenvalue weighted by Gasteiger charge is 2.19. The molecular weight excluding hydrogens is 411 g/mol. The maximum atomic E-state index is 5.99. The van der Waals surface area contributed by atoms with Gasteiger partial charge in [0, 0.05) is 18.1 Å². The largest absolute Gasteiger partial charge is 0.370 e. The molecule has 1 saturated heterocycles. The molecule has 1 aromatic rings. The summed E-state index contributed by atoms with van der Waals surface area (Å²) in [7, 11) is 0. The van der Waals surface area contributed by atoms with Crippen molar-refractivity contribution in [1.29, 1.82) is 0 Å². The quantitative estimate of drug-likeness (QED) is 0.421. The SMILES string of the molecule is CC1CCCCN1Cc1ccccc1CN=C(N)NC(C)(C)C.I. The molecule has 0 saturated carbocycles. The molecule has 136 valence electrons. The Morgan fingerprint density at radius 2 is 1.92 bits per heavy atom. The lowest BCUT2D eigenvalue weighted by molar-refractivity contribution is 0.152. The van der Waals surface area contributed by atoms with E-state index in [4.69, 9.17) is 5.73 Å². The summed E-state index contributed by atoms with van der Waals surface area (Å²) in [5.74, 6) is 0.513. The van der Waals surface area contributed by atoms with Crippen LogP contribution in [-0.4, -0.2) is 29.0 Å². The summed E-state index contributed by atoms with van der Waals surface area (Å²) in [6, 6.07) is 9.26. The molecular formula is C19H33IN4. The van der Waals surface area contributed by atoms with Crippen LogP contribution >= 0.6 is 24.0 Å². The van der Waals surface area contributed by atoms with Gasteiger partial charge in [-0.15, -0.1) is 24.0 Å². The zero-order valence-corrected chi connectivity index (χ0v) is 17.8. The summed E-state index contributed by atoms with van der Waals surface area (Å²) in [6.07, 6.45) is 3.98. The van der Waals surface area contributed by atoms with Gasteiger partial charge >= 0.3 is 0 Å². The van der Waals surface area contributed by atoms with Crippen molar-refractivity contribution < 1.29 is 0 Å². The number of guanidine groups is 1. The van der Waals surface area contributed by atoms with Crippen LogP contribution in [0.5, 0.6) is 0 Å². The molecule has 0 aliphatic carbocycles. The fourth-order valence-corrected chi connectivity index (χ4v) is 3.07. The van der Waals surface area contributed by atoms with Crippen molar-refractivity contribution in [3.05, 3.63) is 35.4 Å². The van der Waals surface area contributed by atoms with Crippen LogP contribution in [0.2, 0.25) is 0 Å². The number of hydrogen-bond donors (Lipinski definition) is 2. The van der Waals surface area contributed by atoms with Gasteiger partial charge < -0.3 is 11.1 Å². The lowest BCUT2D eigenvalue weighted by Crippen LogP contribution is -2.45. The molecule has 3 N–H and O–H groups in total. The van der Waals surface area contributed by atoms with Gasteiger partial charge in [0.2, 0.25) is 0 Å². The Hall–Kier alpha value is -0.820. The number of halogens is 1. The predicted molar refractivity (Wildman–Crippen MR) is 114 cm³/mol. The third kappa shape index (κ3) is 6.97. The van der Waals surface area contributed by atoms with E-state index in [9.17, 15) is 0 Å². The molecule has 1 aromatic carbocycles. The normalized spacial score (nSPS) is 19.7. The number of piperidine rings is 1. The molecule has 1 aliphatic rings. The fraction of sp³-hybridized carbons (Fsp3) is 0.632. The van der Waals surface area contributed by atoms with E-state index in [0.717, 1.165) is 6.54 Å². The molecule has 0 aromatic heterocycles. The van der Waals surface area contributed by atoms with Crippen molar-refractivity contribution in [3.63, 3.8) is 0 Å². The highest BCUT2D eigenvalue weighted by atomic mass is 127. The highest BCUT2D eigenvalue weighted by molar-refractivity contribution is 14.0. The molecule has 1 fully saturated rings. The number of rotatable bonds is 4. The minimum atomic E-state index is -0.0592. The van der Waals surface area contributed by atoms with Crippen LogP contribution in [-0.2, 0) is 13.1 Å².